The van der Waals surface area contributed by atoms with Gasteiger partial charge in [0.15, 0.2) is 6.61 Å². The van der Waals surface area contributed by atoms with Gasteiger partial charge in [-0.05, 0) is 66.5 Å². The number of likely N-dealkylation sites (tertiary alicyclic amines) is 1. The van der Waals surface area contributed by atoms with Crippen molar-refractivity contribution in [3.63, 3.8) is 0 Å². The first-order valence-electron chi connectivity index (χ1n) is 13.8. The molecule has 0 aromatic heterocycles. The standard InChI is InChI=1S/C30H30F6N2O5/c1-16-5-3-4-6-22(16)27-23-13-38(28-37-26(40)15-42-28)12-18(23)7-8-24(27)43-25(14-41-17(2)39)19-9-20(29(31,32)33)11-21(10-19)30(34,35)36/h3-6,9-11,18,23-25,27H,7-8,12-15H2,1-2H3/t18-,23-,24+,25-,27+/m1/s1. The van der Waals surface area contributed by atoms with E-state index >= 15 is 0 Å². The number of hydrogen-bond donors (Lipinski definition) is 0. The summed E-state index contributed by atoms with van der Waals surface area (Å²) in [5.74, 6) is -1.36. The van der Waals surface area contributed by atoms with Gasteiger partial charge in [-0.3, -0.25) is 9.59 Å². The molecule has 2 aromatic rings. The number of aliphatic imine (C=N–C) groups is 1. The lowest BCUT2D eigenvalue weighted by Crippen LogP contribution is -2.39. The van der Waals surface area contributed by atoms with Crippen molar-refractivity contribution in [2.45, 2.75) is 57.2 Å². The number of alkyl halides is 6. The molecule has 7 nitrogen and oxygen atoms in total. The minimum atomic E-state index is -5.05. The van der Waals surface area contributed by atoms with Crippen LogP contribution in [0.4, 0.5) is 26.3 Å². The van der Waals surface area contributed by atoms with E-state index < -0.39 is 53.8 Å². The third-order valence-corrected chi connectivity index (χ3v) is 8.30. The largest absolute Gasteiger partial charge is 0.463 e. The summed E-state index contributed by atoms with van der Waals surface area (Å²) in [5.41, 5.74) is -1.48. The lowest BCUT2D eigenvalue weighted by atomic mass is 9.68. The first kappa shape index (κ1) is 30.8. The van der Waals surface area contributed by atoms with E-state index in [4.69, 9.17) is 14.2 Å². The SMILES string of the molecule is CC(=O)OC[C@@H](O[C@H]1CC[C@@H]2CN(C3=NC(=O)CO3)C[C@H]2[C@@H]1c1ccccc1C)c1cc(C(F)(F)F)cc(C(F)(F)F)c1. The second-order valence-corrected chi connectivity index (χ2v) is 11.2. The van der Waals surface area contributed by atoms with Crippen molar-refractivity contribution < 1.29 is 50.1 Å². The summed E-state index contributed by atoms with van der Waals surface area (Å²) >= 11 is 0. The van der Waals surface area contributed by atoms with Crippen LogP contribution in [0.1, 0.15) is 59.6 Å². The molecule has 0 bridgehead atoms. The predicted octanol–water partition coefficient (Wildman–Crippen LogP) is 6.06. The van der Waals surface area contributed by atoms with Gasteiger partial charge in [0, 0.05) is 25.9 Å². The molecule has 2 aliphatic heterocycles. The lowest BCUT2D eigenvalue weighted by molar-refractivity contribution is -0.151. The fraction of sp³-hybridized carbons (Fsp3) is 0.500. The van der Waals surface area contributed by atoms with Crippen molar-refractivity contribution in [3.05, 3.63) is 70.3 Å². The number of rotatable bonds is 6. The molecule has 1 aliphatic carbocycles. The number of amidine groups is 1. The van der Waals surface area contributed by atoms with E-state index in [2.05, 4.69) is 4.99 Å². The number of nitrogens with zero attached hydrogens (tertiary/aromatic N) is 2. The third kappa shape index (κ3) is 6.81. The number of halogens is 6. The molecule has 0 spiro atoms. The van der Waals surface area contributed by atoms with Gasteiger partial charge in [-0.1, -0.05) is 24.3 Å². The molecule has 43 heavy (non-hydrogen) atoms. The van der Waals surface area contributed by atoms with E-state index in [1.165, 1.54) is 0 Å². The van der Waals surface area contributed by atoms with Crippen LogP contribution in [0, 0.1) is 18.8 Å². The minimum Gasteiger partial charge on any atom is -0.463 e. The minimum absolute atomic E-state index is 0.0523. The second-order valence-electron chi connectivity index (χ2n) is 11.2. The Labute approximate surface area is 243 Å². The molecule has 232 valence electrons. The van der Waals surface area contributed by atoms with Gasteiger partial charge in [0.1, 0.15) is 12.7 Å². The number of ether oxygens (including phenoxy) is 3. The average molecular weight is 613 g/mol. The third-order valence-electron chi connectivity index (χ3n) is 8.30. The zero-order valence-electron chi connectivity index (χ0n) is 23.4. The lowest BCUT2D eigenvalue weighted by Gasteiger charge is -2.41. The Hall–Kier alpha value is -3.61. The monoisotopic (exact) mass is 612 g/mol. The Balaban J connectivity index is 1.52. The molecule has 13 heteroatoms. The fourth-order valence-electron chi connectivity index (χ4n) is 6.39. The zero-order chi connectivity index (χ0) is 31.1. The van der Waals surface area contributed by atoms with Crippen molar-refractivity contribution in [1.29, 1.82) is 0 Å². The van der Waals surface area contributed by atoms with Gasteiger partial charge < -0.3 is 19.1 Å². The van der Waals surface area contributed by atoms with E-state index in [1.807, 2.05) is 36.1 Å². The van der Waals surface area contributed by atoms with Crippen molar-refractivity contribution >= 4 is 17.9 Å². The highest BCUT2D eigenvalue weighted by atomic mass is 19.4. The summed E-state index contributed by atoms with van der Waals surface area (Å²) < 4.78 is 99.2. The first-order chi connectivity index (χ1) is 20.2. The maximum Gasteiger partial charge on any atom is 0.416 e. The highest BCUT2D eigenvalue weighted by molar-refractivity contribution is 5.96. The van der Waals surface area contributed by atoms with Crippen LogP contribution >= 0.6 is 0 Å². The van der Waals surface area contributed by atoms with Gasteiger partial charge >= 0.3 is 18.3 Å². The molecular formula is C30H30F6N2O5. The number of aryl methyl sites for hydroxylation is 1. The summed E-state index contributed by atoms with van der Waals surface area (Å²) in [6.07, 6.45) is -11.1. The number of amides is 1. The van der Waals surface area contributed by atoms with Gasteiger partial charge in [-0.2, -0.15) is 31.3 Å². The summed E-state index contributed by atoms with van der Waals surface area (Å²) in [5, 5.41) is 0. The highest BCUT2D eigenvalue weighted by Gasteiger charge is 2.48. The van der Waals surface area contributed by atoms with E-state index in [1.54, 1.807) is 0 Å². The molecule has 0 N–H and O–H groups in total. The molecule has 5 rings (SSSR count). The van der Waals surface area contributed by atoms with E-state index in [0.29, 0.717) is 38.1 Å². The van der Waals surface area contributed by atoms with Crippen molar-refractivity contribution in [2.24, 2.45) is 16.8 Å². The van der Waals surface area contributed by atoms with Crippen LogP contribution in [0.3, 0.4) is 0 Å². The zero-order valence-corrected chi connectivity index (χ0v) is 23.4. The van der Waals surface area contributed by atoms with Crippen LogP contribution in [0.25, 0.3) is 0 Å². The maximum atomic E-state index is 13.7. The Bertz CT molecular complexity index is 1380. The van der Waals surface area contributed by atoms with Crippen molar-refractivity contribution in [2.75, 3.05) is 26.3 Å². The molecule has 1 saturated heterocycles. The van der Waals surface area contributed by atoms with Gasteiger partial charge in [-0.25, -0.2) is 0 Å². The molecule has 2 aromatic carbocycles. The molecule has 2 fully saturated rings. The summed E-state index contributed by atoms with van der Waals surface area (Å²) in [4.78, 5) is 29.3. The van der Waals surface area contributed by atoms with Gasteiger partial charge in [0.25, 0.3) is 11.9 Å². The fourth-order valence-corrected chi connectivity index (χ4v) is 6.39. The van der Waals surface area contributed by atoms with Crippen LogP contribution in [0.2, 0.25) is 0 Å². The predicted molar refractivity (Wildman–Crippen MR) is 141 cm³/mol. The van der Waals surface area contributed by atoms with Crippen LogP contribution < -0.4 is 0 Å². The van der Waals surface area contributed by atoms with E-state index in [9.17, 15) is 35.9 Å². The molecule has 2 heterocycles. The van der Waals surface area contributed by atoms with Crippen molar-refractivity contribution in [1.82, 2.24) is 4.90 Å². The molecule has 3 aliphatic rings. The van der Waals surface area contributed by atoms with Gasteiger partial charge in [0.2, 0.25) is 0 Å². The average Bonchev–Trinajstić information content (AvgIpc) is 3.56. The number of esters is 1. The Morgan fingerprint density at radius 2 is 1.72 bits per heavy atom. The normalized spacial score (nSPS) is 24.8. The summed E-state index contributed by atoms with van der Waals surface area (Å²) in [6, 6.07) is 9.11. The number of carbonyl (C=O) groups is 2. The first-order valence-corrected chi connectivity index (χ1v) is 13.8. The topological polar surface area (TPSA) is 77.4 Å². The highest BCUT2D eigenvalue weighted by Crippen LogP contribution is 2.49. The molecule has 0 unspecified atom stereocenters. The molecule has 1 amide bonds. The number of carbonyl (C=O) groups excluding carboxylic acids is 2. The van der Waals surface area contributed by atoms with Gasteiger partial charge in [-0.15, -0.1) is 0 Å². The molecule has 5 atom stereocenters. The molecule has 1 saturated carbocycles. The van der Waals surface area contributed by atoms with Crippen LogP contribution in [0.15, 0.2) is 47.5 Å². The quantitative estimate of drug-likeness (QED) is 0.292. The van der Waals surface area contributed by atoms with Crippen LogP contribution in [-0.2, 0) is 36.2 Å². The number of benzene rings is 2. The van der Waals surface area contributed by atoms with Gasteiger partial charge in [0.05, 0.1) is 17.2 Å². The smallest absolute Gasteiger partial charge is 0.416 e. The molecular weight excluding hydrogens is 582 g/mol. The Morgan fingerprint density at radius 3 is 2.30 bits per heavy atom. The van der Waals surface area contributed by atoms with Crippen molar-refractivity contribution in [3.8, 4) is 0 Å². The van der Waals surface area contributed by atoms with E-state index in [0.717, 1.165) is 18.1 Å². The number of hydrogen-bond acceptors (Lipinski definition) is 6. The summed E-state index contributed by atoms with van der Waals surface area (Å²) in [6.45, 7) is 3.35. The Kier molecular flexibility index (Phi) is 8.47. The van der Waals surface area contributed by atoms with E-state index in [-0.39, 0.29) is 42.4 Å². The molecule has 0 radical (unpaired) electrons. The Morgan fingerprint density at radius 1 is 1.05 bits per heavy atom. The van der Waals surface area contributed by atoms with Crippen LogP contribution in [0.5, 0.6) is 0 Å². The maximum absolute atomic E-state index is 13.7. The number of fused-ring (bicyclic) bond motifs is 1. The summed E-state index contributed by atoms with van der Waals surface area (Å²) in [7, 11) is 0. The van der Waals surface area contributed by atoms with Crippen LogP contribution in [-0.4, -0.2) is 55.2 Å². The second kappa shape index (κ2) is 11.8.